The van der Waals surface area contributed by atoms with E-state index in [1.165, 1.54) is 5.56 Å². The van der Waals surface area contributed by atoms with Crippen LogP contribution in [0.4, 0.5) is 0 Å². The number of benzene rings is 1. The number of aryl methyl sites for hydroxylation is 1. The maximum Gasteiger partial charge on any atom is 0.226 e. The molecule has 20 heavy (non-hydrogen) atoms. The average Bonchev–Trinajstić information content (AvgIpc) is 3.08. The monoisotopic (exact) mass is 272 g/mol. The summed E-state index contributed by atoms with van der Waals surface area (Å²) in [5, 5.41) is 4.04. The third kappa shape index (κ3) is 2.59. The van der Waals surface area contributed by atoms with E-state index < -0.39 is 5.54 Å². The van der Waals surface area contributed by atoms with Crippen LogP contribution < -0.4 is 5.73 Å². The van der Waals surface area contributed by atoms with Crippen LogP contribution in [0.5, 0.6) is 0 Å². The highest BCUT2D eigenvalue weighted by molar-refractivity contribution is 5.16. The number of hydrogen-bond acceptors (Lipinski definition) is 5. The maximum absolute atomic E-state index is 6.47. The van der Waals surface area contributed by atoms with Gasteiger partial charge >= 0.3 is 0 Å². The fourth-order valence-electron chi connectivity index (χ4n) is 2.67. The summed E-state index contributed by atoms with van der Waals surface area (Å²) in [7, 11) is 0. The number of rotatable bonds is 4. The van der Waals surface area contributed by atoms with Crippen LogP contribution in [0.25, 0.3) is 0 Å². The van der Waals surface area contributed by atoms with Crippen LogP contribution in [0.3, 0.4) is 0 Å². The molecule has 5 nitrogen and oxygen atoms in total. The molecule has 1 unspecified atom stereocenters. The maximum atomic E-state index is 6.47. The largest absolute Gasteiger partial charge is 0.339 e. The Kier molecular flexibility index (Phi) is 3.54. The van der Waals surface area contributed by atoms with Gasteiger partial charge in [0.05, 0.1) is 5.54 Å². The normalized spacial score (nSPS) is 23.3. The fourth-order valence-corrected chi connectivity index (χ4v) is 2.67. The van der Waals surface area contributed by atoms with E-state index in [2.05, 4.69) is 39.3 Å². The molecule has 0 bridgehead atoms. The van der Waals surface area contributed by atoms with Crippen LogP contribution >= 0.6 is 0 Å². The molecule has 1 saturated heterocycles. The number of hydrogen-bond donors (Lipinski definition) is 1. The molecule has 0 radical (unpaired) electrons. The van der Waals surface area contributed by atoms with Crippen LogP contribution in [0.2, 0.25) is 0 Å². The molecule has 1 atom stereocenters. The van der Waals surface area contributed by atoms with Crippen molar-refractivity contribution in [3.8, 4) is 0 Å². The summed E-state index contributed by atoms with van der Waals surface area (Å²) in [5.74, 6) is 1.30. The van der Waals surface area contributed by atoms with E-state index in [0.717, 1.165) is 32.5 Å². The van der Waals surface area contributed by atoms with E-state index in [1.807, 2.05) is 13.0 Å². The minimum absolute atomic E-state index is 0.480. The number of likely N-dealkylation sites (tertiary alicyclic amines) is 1. The van der Waals surface area contributed by atoms with Crippen molar-refractivity contribution < 1.29 is 4.52 Å². The lowest BCUT2D eigenvalue weighted by Crippen LogP contribution is -2.40. The second kappa shape index (κ2) is 5.34. The van der Waals surface area contributed by atoms with Gasteiger partial charge in [-0.2, -0.15) is 4.98 Å². The Labute approximate surface area is 118 Å². The molecule has 0 amide bonds. The topological polar surface area (TPSA) is 68.2 Å². The van der Waals surface area contributed by atoms with E-state index in [1.54, 1.807) is 0 Å². The van der Waals surface area contributed by atoms with Crippen molar-refractivity contribution in [3.05, 3.63) is 47.6 Å². The van der Waals surface area contributed by atoms with Crippen LogP contribution in [-0.4, -0.2) is 28.1 Å². The first-order chi connectivity index (χ1) is 9.69. The molecule has 5 heteroatoms. The van der Waals surface area contributed by atoms with Crippen LogP contribution in [0.15, 0.2) is 34.9 Å². The van der Waals surface area contributed by atoms with E-state index in [-0.39, 0.29) is 0 Å². The van der Waals surface area contributed by atoms with Crippen molar-refractivity contribution in [2.45, 2.75) is 31.8 Å². The Morgan fingerprint density at radius 1 is 1.35 bits per heavy atom. The molecule has 1 aliphatic heterocycles. The molecule has 2 heterocycles. The van der Waals surface area contributed by atoms with Gasteiger partial charge in [0, 0.05) is 26.1 Å². The summed E-state index contributed by atoms with van der Waals surface area (Å²) in [6, 6.07) is 10.4. The van der Waals surface area contributed by atoms with Crippen molar-refractivity contribution >= 4 is 0 Å². The smallest absolute Gasteiger partial charge is 0.226 e. The van der Waals surface area contributed by atoms with Crippen LogP contribution in [0.1, 0.15) is 30.6 Å². The average molecular weight is 272 g/mol. The Morgan fingerprint density at radius 3 is 2.85 bits per heavy atom. The van der Waals surface area contributed by atoms with Gasteiger partial charge in [-0.15, -0.1) is 0 Å². The molecule has 2 aromatic rings. The zero-order valence-electron chi connectivity index (χ0n) is 11.7. The zero-order chi connectivity index (χ0) is 14.0. The summed E-state index contributed by atoms with van der Waals surface area (Å²) in [6.07, 6.45) is 1.61. The fraction of sp³-hybridized carbons (Fsp3) is 0.467. The van der Waals surface area contributed by atoms with Crippen molar-refractivity contribution in [1.29, 1.82) is 0 Å². The second-order valence-electron chi connectivity index (χ2n) is 5.47. The molecule has 1 fully saturated rings. The highest BCUT2D eigenvalue weighted by Crippen LogP contribution is 2.28. The molecule has 3 rings (SSSR count). The van der Waals surface area contributed by atoms with E-state index in [9.17, 15) is 0 Å². The van der Waals surface area contributed by atoms with Gasteiger partial charge in [0.1, 0.15) is 0 Å². The Bertz CT molecular complexity index is 568. The third-order valence-corrected chi connectivity index (χ3v) is 3.84. The minimum atomic E-state index is -0.480. The summed E-state index contributed by atoms with van der Waals surface area (Å²) in [5.41, 5.74) is 7.29. The third-order valence-electron chi connectivity index (χ3n) is 3.84. The van der Waals surface area contributed by atoms with Crippen molar-refractivity contribution in [2.75, 3.05) is 13.1 Å². The van der Waals surface area contributed by atoms with E-state index in [0.29, 0.717) is 11.7 Å². The van der Waals surface area contributed by atoms with E-state index in [4.69, 9.17) is 10.3 Å². The molecular formula is C15H20N4O. The van der Waals surface area contributed by atoms with Crippen LogP contribution in [0, 0.1) is 0 Å². The highest BCUT2D eigenvalue weighted by atomic mass is 16.5. The van der Waals surface area contributed by atoms with Gasteiger partial charge in [0.15, 0.2) is 5.82 Å². The standard InChI is InChI=1S/C15H20N4O/c1-2-13-17-14(18-20-13)15(16)8-9-19(11-15)10-12-6-4-3-5-7-12/h3-7H,2,8-11,16H2,1H3. The first kappa shape index (κ1) is 13.3. The Morgan fingerprint density at radius 2 is 2.15 bits per heavy atom. The second-order valence-corrected chi connectivity index (χ2v) is 5.47. The van der Waals surface area contributed by atoms with Crippen molar-refractivity contribution in [1.82, 2.24) is 15.0 Å². The van der Waals surface area contributed by atoms with Gasteiger partial charge in [-0.25, -0.2) is 0 Å². The molecule has 2 N–H and O–H groups in total. The summed E-state index contributed by atoms with van der Waals surface area (Å²) >= 11 is 0. The lowest BCUT2D eigenvalue weighted by Gasteiger charge is -2.21. The lowest BCUT2D eigenvalue weighted by atomic mass is 9.99. The van der Waals surface area contributed by atoms with Gasteiger partial charge in [-0.1, -0.05) is 42.4 Å². The molecule has 0 spiro atoms. The van der Waals surface area contributed by atoms with Gasteiger partial charge in [0.2, 0.25) is 5.89 Å². The summed E-state index contributed by atoms with van der Waals surface area (Å²) in [6.45, 7) is 4.64. The van der Waals surface area contributed by atoms with Crippen LogP contribution in [-0.2, 0) is 18.5 Å². The van der Waals surface area contributed by atoms with Gasteiger partial charge in [-0.3, -0.25) is 4.90 Å². The number of aromatic nitrogens is 2. The quantitative estimate of drug-likeness (QED) is 0.917. The van der Waals surface area contributed by atoms with Gasteiger partial charge in [-0.05, 0) is 12.0 Å². The molecule has 1 aromatic carbocycles. The molecule has 106 valence electrons. The summed E-state index contributed by atoms with van der Waals surface area (Å²) in [4.78, 5) is 6.74. The minimum Gasteiger partial charge on any atom is -0.339 e. The summed E-state index contributed by atoms with van der Waals surface area (Å²) < 4.78 is 5.19. The van der Waals surface area contributed by atoms with E-state index >= 15 is 0 Å². The molecule has 1 aromatic heterocycles. The zero-order valence-corrected chi connectivity index (χ0v) is 11.7. The Hall–Kier alpha value is -1.72. The molecule has 0 aliphatic carbocycles. The predicted octanol–water partition coefficient (Wildman–Crippen LogP) is 1.69. The molecule has 0 saturated carbocycles. The van der Waals surface area contributed by atoms with Gasteiger partial charge in [0.25, 0.3) is 0 Å². The van der Waals surface area contributed by atoms with Gasteiger partial charge < -0.3 is 10.3 Å². The first-order valence-corrected chi connectivity index (χ1v) is 7.08. The highest BCUT2D eigenvalue weighted by Gasteiger charge is 2.39. The molecular weight excluding hydrogens is 252 g/mol. The first-order valence-electron chi connectivity index (χ1n) is 7.08. The Balaban J connectivity index is 1.69. The van der Waals surface area contributed by atoms with Crippen molar-refractivity contribution in [3.63, 3.8) is 0 Å². The lowest BCUT2D eigenvalue weighted by molar-refractivity contribution is 0.294. The van der Waals surface area contributed by atoms with Crippen molar-refractivity contribution in [2.24, 2.45) is 5.73 Å². The number of nitrogens with two attached hydrogens (primary N) is 1. The number of nitrogens with zero attached hydrogens (tertiary/aromatic N) is 3. The SMILES string of the molecule is CCc1nc(C2(N)CCN(Cc3ccccc3)C2)no1. The molecule has 1 aliphatic rings. The predicted molar refractivity (Wildman–Crippen MR) is 75.9 cm³/mol.